The predicted molar refractivity (Wildman–Crippen MR) is 102 cm³/mol. The molecule has 0 spiro atoms. The molecule has 1 aromatic carbocycles. The number of benzene rings is 1. The van der Waals surface area contributed by atoms with Crippen LogP contribution in [0.3, 0.4) is 0 Å². The van der Waals surface area contributed by atoms with Crippen LogP contribution in [0.4, 0.5) is 0 Å². The lowest BCUT2D eigenvalue weighted by molar-refractivity contribution is -0.140. The SMILES string of the molecule is COc1ccc(OCC(=O)NNC(=O)CCN2C(=O)[C@H]3CCCC[C@@H]3C2=O)cc1. The van der Waals surface area contributed by atoms with Crippen molar-refractivity contribution in [2.45, 2.75) is 32.1 Å². The minimum atomic E-state index is -0.534. The van der Waals surface area contributed by atoms with Gasteiger partial charge in [-0.3, -0.25) is 34.9 Å². The predicted octanol–water partition coefficient (Wildman–Crippen LogP) is 0.787. The van der Waals surface area contributed by atoms with Gasteiger partial charge in [0, 0.05) is 13.0 Å². The number of likely N-dealkylation sites (tertiary alicyclic amines) is 1. The third kappa shape index (κ3) is 5.04. The second-order valence-electron chi connectivity index (χ2n) is 7.14. The molecule has 9 heteroatoms. The fourth-order valence-electron chi connectivity index (χ4n) is 3.72. The van der Waals surface area contributed by atoms with E-state index in [1.165, 1.54) is 4.90 Å². The highest BCUT2D eigenvalue weighted by Gasteiger charge is 2.47. The van der Waals surface area contributed by atoms with E-state index in [1.807, 2.05) is 0 Å². The first-order chi connectivity index (χ1) is 14.0. The van der Waals surface area contributed by atoms with Crippen LogP contribution in [0, 0.1) is 11.8 Å². The zero-order chi connectivity index (χ0) is 20.8. The van der Waals surface area contributed by atoms with Crippen molar-refractivity contribution in [1.29, 1.82) is 0 Å². The van der Waals surface area contributed by atoms with Crippen LogP contribution in [0.25, 0.3) is 0 Å². The number of nitrogens with one attached hydrogen (secondary N) is 2. The Kier molecular flexibility index (Phi) is 6.69. The zero-order valence-corrected chi connectivity index (χ0v) is 16.3. The van der Waals surface area contributed by atoms with E-state index < -0.39 is 11.8 Å². The van der Waals surface area contributed by atoms with E-state index >= 15 is 0 Å². The number of rotatable bonds is 7. The second kappa shape index (κ2) is 9.40. The van der Waals surface area contributed by atoms with Gasteiger partial charge in [-0.25, -0.2) is 0 Å². The molecule has 0 radical (unpaired) electrons. The molecule has 9 nitrogen and oxygen atoms in total. The quantitative estimate of drug-likeness (QED) is 0.514. The van der Waals surface area contributed by atoms with Crippen molar-refractivity contribution in [3.63, 3.8) is 0 Å². The monoisotopic (exact) mass is 403 g/mol. The summed E-state index contributed by atoms with van der Waals surface area (Å²) in [4.78, 5) is 49.7. The normalized spacial score (nSPS) is 20.8. The topological polar surface area (TPSA) is 114 Å². The minimum absolute atomic E-state index is 0.0225. The molecule has 2 fully saturated rings. The standard InChI is InChI=1S/C20H25N3O6/c1-28-13-6-8-14(9-7-13)29-12-18(25)22-21-17(24)10-11-23-19(26)15-4-2-3-5-16(15)20(23)27/h6-9,15-16H,2-5,10-12H2,1H3,(H,21,24)(H,22,25)/t15-,16-/m0/s1. The summed E-state index contributed by atoms with van der Waals surface area (Å²) in [5, 5.41) is 0. The number of methoxy groups -OCH3 is 1. The number of carbonyl (C=O) groups is 4. The molecule has 2 aliphatic rings. The van der Waals surface area contributed by atoms with Gasteiger partial charge in [0.05, 0.1) is 18.9 Å². The van der Waals surface area contributed by atoms with E-state index in [2.05, 4.69) is 10.9 Å². The van der Waals surface area contributed by atoms with E-state index in [4.69, 9.17) is 9.47 Å². The van der Waals surface area contributed by atoms with Crippen LogP contribution in [-0.2, 0) is 19.2 Å². The Hall–Kier alpha value is -3.10. The van der Waals surface area contributed by atoms with Crippen LogP contribution in [0.5, 0.6) is 11.5 Å². The lowest BCUT2D eigenvalue weighted by Gasteiger charge is -2.19. The summed E-state index contributed by atoms with van der Waals surface area (Å²) >= 11 is 0. The number of fused-ring (bicyclic) bond motifs is 1. The number of ether oxygens (including phenoxy) is 2. The molecule has 156 valence electrons. The average molecular weight is 403 g/mol. The summed E-state index contributed by atoms with van der Waals surface area (Å²) < 4.78 is 10.3. The summed E-state index contributed by atoms with van der Waals surface area (Å²) in [5.41, 5.74) is 4.51. The van der Waals surface area contributed by atoms with Crippen molar-refractivity contribution in [2.75, 3.05) is 20.3 Å². The molecule has 3 rings (SSSR count). The average Bonchev–Trinajstić information content (AvgIpc) is 2.99. The Morgan fingerprint density at radius 1 is 0.966 bits per heavy atom. The van der Waals surface area contributed by atoms with Crippen LogP contribution < -0.4 is 20.3 Å². The van der Waals surface area contributed by atoms with Crippen molar-refractivity contribution in [2.24, 2.45) is 11.8 Å². The van der Waals surface area contributed by atoms with Crippen LogP contribution >= 0.6 is 0 Å². The first kappa shape index (κ1) is 20.6. The maximum atomic E-state index is 12.4. The molecule has 1 aliphatic carbocycles. The van der Waals surface area contributed by atoms with Crippen molar-refractivity contribution in [3.8, 4) is 11.5 Å². The van der Waals surface area contributed by atoms with Crippen molar-refractivity contribution in [3.05, 3.63) is 24.3 Å². The number of hydrogen-bond acceptors (Lipinski definition) is 6. The third-order valence-electron chi connectivity index (χ3n) is 5.27. The fraction of sp³-hybridized carbons (Fsp3) is 0.500. The van der Waals surface area contributed by atoms with Gasteiger partial charge in [-0.05, 0) is 37.1 Å². The minimum Gasteiger partial charge on any atom is -0.497 e. The van der Waals surface area contributed by atoms with Crippen molar-refractivity contribution < 1.29 is 28.7 Å². The highest BCUT2D eigenvalue weighted by Crippen LogP contribution is 2.37. The molecular weight excluding hydrogens is 378 g/mol. The van der Waals surface area contributed by atoms with Gasteiger partial charge in [0.2, 0.25) is 17.7 Å². The summed E-state index contributed by atoms with van der Waals surface area (Å²) in [7, 11) is 1.55. The summed E-state index contributed by atoms with van der Waals surface area (Å²) in [6.45, 7) is -0.256. The molecule has 1 saturated heterocycles. The van der Waals surface area contributed by atoms with Crippen molar-refractivity contribution >= 4 is 23.6 Å². The molecule has 1 heterocycles. The van der Waals surface area contributed by atoms with E-state index in [0.29, 0.717) is 11.5 Å². The van der Waals surface area contributed by atoms with Crippen molar-refractivity contribution in [1.82, 2.24) is 15.8 Å². The van der Waals surface area contributed by atoms with Gasteiger partial charge < -0.3 is 9.47 Å². The smallest absolute Gasteiger partial charge is 0.276 e. The highest BCUT2D eigenvalue weighted by atomic mass is 16.5. The Morgan fingerprint density at radius 3 is 2.10 bits per heavy atom. The molecule has 2 N–H and O–H groups in total. The Bertz CT molecular complexity index is 755. The number of amides is 4. The zero-order valence-electron chi connectivity index (χ0n) is 16.3. The van der Waals surface area contributed by atoms with Gasteiger partial charge in [-0.15, -0.1) is 0 Å². The Labute approximate surface area is 168 Å². The van der Waals surface area contributed by atoms with Crippen LogP contribution in [0.1, 0.15) is 32.1 Å². The number of hydrogen-bond donors (Lipinski definition) is 2. The summed E-state index contributed by atoms with van der Waals surface area (Å²) in [6, 6.07) is 6.72. The molecule has 1 saturated carbocycles. The third-order valence-corrected chi connectivity index (χ3v) is 5.27. The molecule has 0 bridgehead atoms. The molecule has 0 aromatic heterocycles. The van der Waals surface area contributed by atoms with Crippen LogP contribution in [-0.4, -0.2) is 48.8 Å². The Balaban J connectivity index is 1.36. The first-order valence-electron chi connectivity index (χ1n) is 9.69. The van der Waals surface area contributed by atoms with Crippen LogP contribution in [0.15, 0.2) is 24.3 Å². The lowest BCUT2D eigenvalue weighted by Crippen LogP contribution is -2.45. The number of carbonyl (C=O) groups excluding carboxylic acids is 4. The molecule has 1 aromatic rings. The van der Waals surface area contributed by atoms with E-state index in [-0.39, 0.29) is 43.2 Å². The number of nitrogens with zero attached hydrogens (tertiary/aromatic N) is 1. The molecule has 29 heavy (non-hydrogen) atoms. The van der Waals surface area contributed by atoms with Gasteiger partial charge in [-0.1, -0.05) is 12.8 Å². The maximum absolute atomic E-state index is 12.4. The summed E-state index contributed by atoms with van der Waals surface area (Å²) in [6.07, 6.45) is 3.32. The maximum Gasteiger partial charge on any atom is 0.276 e. The number of imide groups is 1. The van der Waals surface area contributed by atoms with Crippen LogP contribution in [0.2, 0.25) is 0 Å². The first-order valence-corrected chi connectivity index (χ1v) is 9.69. The molecule has 4 amide bonds. The largest absolute Gasteiger partial charge is 0.497 e. The van der Waals surface area contributed by atoms with Gasteiger partial charge in [0.25, 0.3) is 5.91 Å². The molecule has 1 aliphatic heterocycles. The number of hydrazine groups is 1. The highest BCUT2D eigenvalue weighted by molar-refractivity contribution is 6.05. The van der Waals surface area contributed by atoms with E-state index in [0.717, 1.165) is 25.7 Å². The van der Waals surface area contributed by atoms with Gasteiger partial charge in [-0.2, -0.15) is 0 Å². The molecule has 0 unspecified atom stereocenters. The summed E-state index contributed by atoms with van der Waals surface area (Å²) in [5.74, 6) is -0.674. The van der Waals surface area contributed by atoms with Gasteiger partial charge in [0.15, 0.2) is 6.61 Å². The second-order valence-corrected chi connectivity index (χ2v) is 7.14. The molecular formula is C20H25N3O6. The lowest BCUT2D eigenvalue weighted by atomic mass is 9.81. The van der Waals surface area contributed by atoms with E-state index in [9.17, 15) is 19.2 Å². The van der Waals surface area contributed by atoms with Gasteiger partial charge in [0.1, 0.15) is 11.5 Å². The van der Waals surface area contributed by atoms with Gasteiger partial charge >= 0.3 is 0 Å². The van der Waals surface area contributed by atoms with E-state index in [1.54, 1.807) is 31.4 Å². The Morgan fingerprint density at radius 2 is 1.52 bits per heavy atom. The fourth-order valence-corrected chi connectivity index (χ4v) is 3.72. The molecule has 2 atom stereocenters.